The first-order valence-electron chi connectivity index (χ1n) is 3.34. The SMILES string of the molecule is C1=C[N+]2(CCNC2)NN=N1. The van der Waals surface area contributed by atoms with Gasteiger partial charge < -0.3 is 0 Å². The van der Waals surface area contributed by atoms with Crippen LogP contribution in [0.4, 0.5) is 0 Å². The Balaban J connectivity index is 2.15. The quantitative estimate of drug-likeness (QED) is 0.455. The molecule has 0 aromatic carbocycles. The summed E-state index contributed by atoms with van der Waals surface area (Å²) in [5.41, 5.74) is 2.94. The standard InChI is InChI=1S/C5H10N5/c1-3-10(5-6-1)4-2-7-8-9-10/h2,4,6H,1,3,5H2,(H,7,9)/q+1. The van der Waals surface area contributed by atoms with Crippen LogP contribution in [-0.2, 0) is 0 Å². The van der Waals surface area contributed by atoms with Crippen LogP contribution in [0.15, 0.2) is 22.7 Å². The maximum Gasteiger partial charge on any atom is 0.161 e. The van der Waals surface area contributed by atoms with Gasteiger partial charge in [0.1, 0.15) is 18.9 Å². The Kier molecular flexibility index (Phi) is 1.18. The van der Waals surface area contributed by atoms with Crippen LogP contribution in [0.5, 0.6) is 0 Å². The molecule has 2 aliphatic heterocycles. The molecule has 0 aromatic rings. The van der Waals surface area contributed by atoms with Gasteiger partial charge in [-0.25, -0.2) is 0 Å². The maximum atomic E-state index is 3.73. The van der Waals surface area contributed by atoms with Gasteiger partial charge in [-0.3, -0.25) is 5.32 Å². The molecule has 1 saturated heterocycles. The summed E-state index contributed by atoms with van der Waals surface area (Å²) in [6, 6.07) is 0. The third-order valence-electron chi connectivity index (χ3n) is 1.80. The molecular formula is C5H10N5+. The fourth-order valence-electron chi connectivity index (χ4n) is 1.19. The van der Waals surface area contributed by atoms with Gasteiger partial charge in [-0.05, 0) is 5.22 Å². The second-order valence-corrected chi connectivity index (χ2v) is 2.53. The lowest BCUT2D eigenvalue weighted by molar-refractivity contribution is -0.915. The van der Waals surface area contributed by atoms with E-state index < -0.39 is 0 Å². The third kappa shape index (κ3) is 0.795. The van der Waals surface area contributed by atoms with Gasteiger partial charge in [0.15, 0.2) is 6.67 Å². The van der Waals surface area contributed by atoms with Crippen molar-refractivity contribution in [2.75, 3.05) is 19.8 Å². The van der Waals surface area contributed by atoms with E-state index in [1.54, 1.807) is 6.20 Å². The molecule has 0 amide bonds. The molecule has 0 aliphatic carbocycles. The van der Waals surface area contributed by atoms with Gasteiger partial charge >= 0.3 is 0 Å². The zero-order valence-electron chi connectivity index (χ0n) is 5.62. The van der Waals surface area contributed by atoms with Gasteiger partial charge in [0.2, 0.25) is 0 Å². The van der Waals surface area contributed by atoms with Crippen LogP contribution in [0.2, 0.25) is 0 Å². The number of quaternary nitrogens is 1. The van der Waals surface area contributed by atoms with E-state index >= 15 is 0 Å². The highest BCUT2D eigenvalue weighted by Crippen LogP contribution is 2.09. The number of nitrogens with one attached hydrogen (secondary N) is 2. The highest BCUT2D eigenvalue weighted by atomic mass is 15.8. The molecule has 0 bridgehead atoms. The highest BCUT2D eigenvalue weighted by molar-refractivity contribution is 4.73. The minimum absolute atomic E-state index is 0.698. The monoisotopic (exact) mass is 140 g/mol. The molecule has 54 valence electrons. The summed E-state index contributed by atoms with van der Waals surface area (Å²) in [7, 11) is 0. The molecule has 1 atom stereocenters. The predicted octanol–water partition coefficient (Wildman–Crippen LogP) is -0.280. The lowest BCUT2D eigenvalue weighted by Gasteiger charge is -2.26. The summed E-state index contributed by atoms with van der Waals surface area (Å²) >= 11 is 0. The van der Waals surface area contributed by atoms with Crippen LogP contribution < -0.4 is 10.9 Å². The smallest absolute Gasteiger partial charge is 0.161 e. The van der Waals surface area contributed by atoms with Crippen LogP contribution in [-0.4, -0.2) is 24.4 Å². The Morgan fingerprint density at radius 2 is 2.50 bits per heavy atom. The topological polar surface area (TPSA) is 48.8 Å². The van der Waals surface area contributed by atoms with Gasteiger partial charge in [-0.2, -0.15) is 4.59 Å². The Morgan fingerprint density at radius 3 is 3.10 bits per heavy atom. The Bertz CT molecular complexity index is 178. The Hall–Kier alpha value is -0.940. The van der Waals surface area contributed by atoms with Crippen molar-refractivity contribution < 1.29 is 4.59 Å². The minimum atomic E-state index is 0.698. The molecule has 5 heteroatoms. The molecule has 1 spiro atoms. The molecule has 0 aromatic heterocycles. The molecule has 2 heterocycles. The second kappa shape index (κ2) is 2.03. The summed E-state index contributed by atoms with van der Waals surface area (Å²) in [4.78, 5) is 0. The summed E-state index contributed by atoms with van der Waals surface area (Å²) in [5, 5.41) is 10.7. The first-order valence-corrected chi connectivity index (χ1v) is 3.34. The molecule has 2 rings (SSSR count). The van der Waals surface area contributed by atoms with Crippen LogP contribution in [0.3, 0.4) is 0 Å². The second-order valence-electron chi connectivity index (χ2n) is 2.53. The first-order chi connectivity index (χ1) is 4.91. The van der Waals surface area contributed by atoms with E-state index in [-0.39, 0.29) is 0 Å². The lowest BCUT2D eigenvalue weighted by Crippen LogP contribution is -2.50. The van der Waals surface area contributed by atoms with E-state index in [1.807, 2.05) is 6.20 Å². The summed E-state index contributed by atoms with van der Waals surface area (Å²) in [6.45, 7) is 2.97. The van der Waals surface area contributed by atoms with Crippen LogP contribution in [0, 0.1) is 0 Å². The summed E-state index contributed by atoms with van der Waals surface area (Å²) < 4.78 is 0.698. The summed E-state index contributed by atoms with van der Waals surface area (Å²) in [6.07, 6.45) is 3.73. The van der Waals surface area contributed by atoms with Crippen molar-refractivity contribution in [3.8, 4) is 0 Å². The van der Waals surface area contributed by atoms with Gasteiger partial charge in [0, 0.05) is 0 Å². The first kappa shape index (κ1) is 5.82. The van der Waals surface area contributed by atoms with E-state index in [1.165, 1.54) is 0 Å². The van der Waals surface area contributed by atoms with Crippen molar-refractivity contribution in [2.24, 2.45) is 10.3 Å². The average molecular weight is 140 g/mol. The molecule has 2 aliphatic rings. The number of rotatable bonds is 0. The van der Waals surface area contributed by atoms with Crippen molar-refractivity contribution in [3.63, 3.8) is 0 Å². The predicted molar refractivity (Wildman–Crippen MR) is 35.1 cm³/mol. The lowest BCUT2D eigenvalue weighted by atomic mass is 10.6. The zero-order chi connectivity index (χ0) is 6.86. The Labute approximate surface area is 59.0 Å². The van der Waals surface area contributed by atoms with Crippen molar-refractivity contribution in [1.82, 2.24) is 10.9 Å². The van der Waals surface area contributed by atoms with Crippen LogP contribution in [0.1, 0.15) is 0 Å². The molecule has 0 radical (unpaired) electrons. The fourth-order valence-corrected chi connectivity index (χ4v) is 1.19. The van der Waals surface area contributed by atoms with E-state index in [9.17, 15) is 0 Å². The highest BCUT2D eigenvalue weighted by Gasteiger charge is 2.31. The van der Waals surface area contributed by atoms with Crippen LogP contribution >= 0.6 is 0 Å². The van der Waals surface area contributed by atoms with Gasteiger partial charge in [-0.1, -0.05) is 0 Å². The molecule has 5 nitrogen and oxygen atoms in total. The van der Waals surface area contributed by atoms with Gasteiger partial charge in [0.05, 0.1) is 6.54 Å². The molecule has 10 heavy (non-hydrogen) atoms. The number of hydrogen-bond donors (Lipinski definition) is 2. The van der Waals surface area contributed by atoms with Crippen molar-refractivity contribution in [1.29, 1.82) is 0 Å². The summed E-state index contributed by atoms with van der Waals surface area (Å²) in [5.74, 6) is 0. The minimum Gasteiger partial charge on any atom is -0.262 e. The fraction of sp³-hybridized carbons (Fsp3) is 0.600. The Morgan fingerprint density at radius 1 is 1.50 bits per heavy atom. The molecule has 1 unspecified atom stereocenters. The van der Waals surface area contributed by atoms with Crippen molar-refractivity contribution in [3.05, 3.63) is 12.4 Å². The number of hydrogen-bond acceptors (Lipinski definition) is 4. The zero-order valence-corrected chi connectivity index (χ0v) is 5.62. The molecule has 2 N–H and O–H groups in total. The van der Waals surface area contributed by atoms with E-state index in [2.05, 4.69) is 21.2 Å². The molecule has 0 saturated carbocycles. The largest absolute Gasteiger partial charge is 0.262 e. The molecular weight excluding hydrogens is 130 g/mol. The normalized spacial score (nSPS) is 36.8. The van der Waals surface area contributed by atoms with Gasteiger partial charge in [-0.15, -0.1) is 10.6 Å². The van der Waals surface area contributed by atoms with Crippen molar-refractivity contribution >= 4 is 0 Å². The number of nitrogens with zero attached hydrogens (tertiary/aromatic N) is 3. The van der Waals surface area contributed by atoms with Crippen LogP contribution in [0.25, 0.3) is 0 Å². The average Bonchev–Trinajstić information content (AvgIpc) is 2.39. The van der Waals surface area contributed by atoms with E-state index in [4.69, 9.17) is 0 Å². The van der Waals surface area contributed by atoms with Gasteiger partial charge in [0.25, 0.3) is 0 Å². The molecule has 1 fully saturated rings. The van der Waals surface area contributed by atoms with Crippen molar-refractivity contribution in [2.45, 2.75) is 0 Å². The maximum absolute atomic E-state index is 3.73. The third-order valence-corrected chi connectivity index (χ3v) is 1.80. The van der Waals surface area contributed by atoms with E-state index in [0.717, 1.165) is 19.8 Å². The van der Waals surface area contributed by atoms with E-state index in [0.29, 0.717) is 4.59 Å².